The first-order chi connectivity index (χ1) is 31.4. The second-order valence-corrected chi connectivity index (χ2v) is 16.1. The summed E-state index contributed by atoms with van der Waals surface area (Å²) in [7, 11) is 14.0. The number of anilines is 5. The number of imidazole rings is 1. The number of hydrogen-bond acceptors (Lipinski definition) is 9. The largest absolute Gasteiger partial charge is 0.351 e. The van der Waals surface area contributed by atoms with Gasteiger partial charge in [0.25, 0.3) is 35.4 Å². The maximum Gasteiger partial charge on any atom is 0.291 e. The van der Waals surface area contributed by atoms with Gasteiger partial charge in [-0.2, -0.15) is 0 Å². The molecule has 22 nitrogen and oxygen atoms in total. The Labute approximate surface area is 380 Å². The average Bonchev–Trinajstić information content (AvgIpc) is 4.11. The minimum absolute atomic E-state index is 0.0787. The van der Waals surface area contributed by atoms with Crippen LogP contribution in [0.15, 0.2) is 73.7 Å². The van der Waals surface area contributed by atoms with Crippen molar-refractivity contribution in [3.8, 4) is 0 Å². The topological polar surface area (TPSA) is 249 Å². The molecule has 348 valence electrons. The van der Waals surface area contributed by atoms with Gasteiger partial charge >= 0.3 is 0 Å². The van der Waals surface area contributed by atoms with E-state index in [-0.39, 0.29) is 53.4 Å². The van der Waals surface area contributed by atoms with Crippen LogP contribution in [-0.4, -0.2) is 112 Å². The van der Waals surface area contributed by atoms with E-state index in [1.54, 1.807) is 113 Å². The molecule has 22 heteroatoms. The Balaban J connectivity index is 0.933. The van der Waals surface area contributed by atoms with E-state index in [0.29, 0.717) is 47.1 Å². The fourth-order valence-electron chi connectivity index (χ4n) is 7.10. The number of aromatic nitrogens is 7. The molecule has 0 unspecified atom stereocenters. The highest BCUT2D eigenvalue weighted by molar-refractivity contribution is 6.08. The van der Waals surface area contributed by atoms with Crippen LogP contribution >= 0.6 is 0 Å². The molecule has 7 amide bonds. The number of hydrogen-bond donors (Lipinski definition) is 7. The third-order valence-corrected chi connectivity index (χ3v) is 10.5. The quantitative estimate of drug-likeness (QED) is 0.0590. The van der Waals surface area contributed by atoms with E-state index in [9.17, 15) is 33.6 Å². The first-order valence-electron chi connectivity index (χ1n) is 20.9. The predicted octanol–water partition coefficient (Wildman–Crippen LogP) is 2.95. The standard InChI is InChI=1S/C44H55N15O7/c1-53(2)15-10-13-47-40(62)33-19-29(24-56(33)5)49-42(64)35-20-30(25-58(35)7)51-41(63)34-17-27(22-57(34)6)48-37(60)11-9-12-46-39(61)32-18-28(23-55(32)4)50-43(65)36-21-31(26-59(36)8)52-44(66)38-45-14-16-54(38)3/h14,16-26H,9-13,15H2,1-8H3,(H,46,61)(H,47,62)(H,48,60)(H,49,64)(H,50,65)(H,51,63)(H,52,66). The van der Waals surface area contributed by atoms with Gasteiger partial charge in [-0.05, 0) is 63.8 Å². The molecule has 0 aliphatic rings. The first-order valence-corrected chi connectivity index (χ1v) is 20.9. The molecule has 0 fully saturated rings. The van der Waals surface area contributed by atoms with Gasteiger partial charge in [-0.3, -0.25) is 33.6 Å². The van der Waals surface area contributed by atoms with E-state index in [1.807, 2.05) is 19.0 Å². The summed E-state index contributed by atoms with van der Waals surface area (Å²) in [4.78, 5) is 96.8. The number of nitrogens with one attached hydrogen (secondary N) is 7. The molecule has 0 bridgehead atoms. The smallest absolute Gasteiger partial charge is 0.291 e. The summed E-state index contributed by atoms with van der Waals surface area (Å²) in [6.45, 7) is 1.55. The molecule has 0 saturated carbocycles. The zero-order valence-electron chi connectivity index (χ0n) is 38.1. The molecule has 66 heavy (non-hydrogen) atoms. The molecule has 0 saturated heterocycles. The van der Waals surface area contributed by atoms with Crippen LogP contribution in [-0.2, 0) is 47.1 Å². The Hall–Kier alpha value is -8.14. The highest BCUT2D eigenvalue weighted by Gasteiger charge is 2.21. The lowest BCUT2D eigenvalue weighted by Crippen LogP contribution is -2.28. The van der Waals surface area contributed by atoms with Gasteiger partial charge in [-0.25, -0.2) is 4.98 Å². The normalized spacial score (nSPS) is 11.0. The summed E-state index contributed by atoms with van der Waals surface area (Å²) in [5.74, 6) is -2.54. The molecular weight excluding hydrogens is 851 g/mol. The van der Waals surface area contributed by atoms with Crippen LogP contribution in [0.3, 0.4) is 0 Å². The molecule has 0 radical (unpaired) electrons. The van der Waals surface area contributed by atoms with Crippen molar-refractivity contribution in [2.45, 2.75) is 19.3 Å². The zero-order valence-corrected chi connectivity index (χ0v) is 38.1. The Morgan fingerprint density at radius 3 is 1.18 bits per heavy atom. The number of carbonyl (C=O) groups excluding carboxylic acids is 7. The molecule has 6 heterocycles. The van der Waals surface area contributed by atoms with Crippen molar-refractivity contribution < 1.29 is 33.6 Å². The Morgan fingerprint density at radius 1 is 0.470 bits per heavy atom. The van der Waals surface area contributed by atoms with Gasteiger partial charge in [0.05, 0.1) is 28.4 Å². The Morgan fingerprint density at radius 2 is 0.818 bits per heavy atom. The number of aryl methyl sites for hydroxylation is 6. The lowest BCUT2D eigenvalue weighted by Gasteiger charge is -2.10. The van der Waals surface area contributed by atoms with E-state index < -0.39 is 29.5 Å². The third-order valence-electron chi connectivity index (χ3n) is 10.5. The van der Waals surface area contributed by atoms with Crippen molar-refractivity contribution in [3.63, 3.8) is 0 Å². The summed E-state index contributed by atoms with van der Waals surface area (Å²) in [6, 6.07) is 7.72. The monoisotopic (exact) mass is 905 g/mol. The van der Waals surface area contributed by atoms with Crippen LogP contribution in [0, 0.1) is 0 Å². The second-order valence-electron chi connectivity index (χ2n) is 16.1. The molecule has 0 aromatic carbocycles. The van der Waals surface area contributed by atoms with Crippen LogP contribution in [0.25, 0.3) is 0 Å². The lowest BCUT2D eigenvalue weighted by atomic mass is 10.2. The van der Waals surface area contributed by atoms with E-state index in [4.69, 9.17) is 0 Å². The van der Waals surface area contributed by atoms with Gasteiger partial charge in [-0.1, -0.05) is 0 Å². The molecule has 0 aliphatic carbocycles. The number of nitrogens with zero attached hydrogens (tertiary/aromatic N) is 8. The van der Waals surface area contributed by atoms with Crippen molar-refractivity contribution in [3.05, 3.63) is 108 Å². The zero-order chi connectivity index (χ0) is 47.8. The van der Waals surface area contributed by atoms with E-state index in [1.165, 1.54) is 30.5 Å². The molecule has 0 spiro atoms. The average molecular weight is 906 g/mol. The number of rotatable bonds is 19. The highest BCUT2D eigenvalue weighted by atomic mass is 16.2. The number of carbonyl (C=O) groups is 7. The molecule has 0 atom stereocenters. The highest BCUT2D eigenvalue weighted by Crippen LogP contribution is 2.21. The predicted molar refractivity (Wildman–Crippen MR) is 248 cm³/mol. The Kier molecular flexibility index (Phi) is 14.8. The van der Waals surface area contributed by atoms with Crippen LogP contribution in [0.5, 0.6) is 0 Å². The van der Waals surface area contributed by atoms with Crippen LogP contribution in [0.4, 0.5) is 28.4 Å². The maximum atomic E-state index is 13.3. The third kappa shape index (κ3) is 11.7. The van der Waals surface area contributed by atoms with Crippen molar-refractivity contribution >= 4 is 69.8 Å². The molecule has 6 aromatic heterocycles. The van der Waals surface area contributed by atoms with E-state index in [2.05, 4.69) is 42.2 Å². The summed E-state index contributed by atoms with van der Waals surface area (Å²) < 4.78 is 9.48. The minimum Gasteiger partial charge on any atom is -0.351 e. The Bertz CT molecular complexity index is 2790. The van der Waals surface area contributed by atoms with Crippen LogP contribution < -0.4 is 37.2 Å². The van der Waals surface area contributed by atoms with Crippen LogP contribution in [0.1, 0.15) is 82.3 Å². The molecule has 6 aromatic rings. The van der Waals surface area contributed by atoms with Crippen molar-refractivity contribution in [2.24, 2.45) is 42.3 Å². The van der Waals surface area contributed by atoms with Crippen molar-refractivity contribution in [1.82, 2.24) is 47.9 Å². The van der Waals surface area contributed by atoms with E-state index >= 15 is 0 Å². The van der Waals surface area contributed by atoms with Gasteiger partial charge in [0.15, 0.2) is 5.82 Å². The van der Waals surface area contributed by atoms with Crippen LogP contribution in [0.2, 0.25) is 0 Å². The van der Waals surface area contributed by atoms with Crippen molar-refractivity contribution in [1.29, 1.82) is 0 Å². The summed E-state index contributed by atoms with van der Waals surface area (Å²) in [5, 5.41) is 19.6. The SMILES string of the molecule is CN(C)CCCNC(=O)c1cc(NC(=O)c2cc(NC(=O)c3cc(NC(=O)CCCNC(=O)c4cc(NC(=O)c5cc(NC(=O)c6nccn6C)cn5C)cn4C)cn3C)cn2C)cn1C. The fraction of sp³-hybridized carbons (Fsp3) is 0.318. The fourth-order valence-corrected chi connectivity index (χ4v) is 7.10. The second kappa shape index (κ2) is 20.6. The van der Waals surface area contributed by atoms with Gasteiger partial charge in [0, 0.05) is 105 Å². The minimum atomic E-state index is -0.470. The van der Waals surface area contributed by atoms with Crippen molar-refractivity contribution in [2.75, 3.05) is 60.3 Å². The first kappa shape index (κ1) is 47.3. The van der Waals surface area contributed by atoms with Gasteiger partial charge in [0.2, 0.25) is 5.91 Å². The van der Waals surface area contributed by atoms with E-state index in [0.717, 1.165) is 13.0 Å². The summed E-state index contributed by atoms with van der Waals surface area (Å²) >= 11 is 0. The van der Waals surface area contributed by atoms with Gasteiger partial charge < -0.3 is 69.5 Å². The van der Waals surface area contributed by atoms with Gasteiger partial charge in [-0.15, -0.1) is 0 Å². The summed E-state index contributed by atoms with van der Waals surface area (Å²) in [6.07, 6.45) is 12.4. The maximum absolute atomic E-state index is 13.3. The molecule has 7 N–H and O–H groups in total. The number of amides is 7. The molecule has 6 rings (SSSR count). The molecular formula is C44H55N15O7. The lowest BCUT2D eigenvalue weighted by molar-refractivity contribution is -0.116. The van der Waals surface area contributed by atoms with Gasteiger partial charge in [0.1, 0.15) is 28.5 Å². The summed E-state index contributed by atoms with van der Waals surface area (Å²) in [5.41, 5.74) is 3.46. The molecule has 0 aliphatic heterocycles.